The second-order valence-corrected chi connectivity index (χ2v) is 7.98. The maximum absolute atomic E-state index is 12.5. The molecule has 3 N–H and O–H groups in total. The summed E-state index contributed by atoms with van der Waals surface area (Å²) in [5.41, 5.74) is 1.28. The molecule has 1 aliphatic carbocycles. The first-order valence-electron chi connectivity index (χ1n) is 9.85. The molecular formula is C19H24N6O2. The molecule has 2 aromatic heterocycles. The smallest absolute Gasteiger partial charge is 0.268 e. The molecular weight excluding hydrogens is 344 g/mol. The van der Waals surface area contributed by atoms with Crippen molar-refractivity contribution in [1.82, 2.24) is 25.2 Å². The van der Waals surface area contributed by atoms with Gasteiger partial charge in [0.25, 0.3) is 5.91 Å². The molecule has 0 unspecified atom stereocenters. The Labute approximate surface area is 157 Å². The topological polar surface area (TPSA) is 101 Å². The fourth-order valence-corrected chi connectivity index (χ4v) is 4.81. The average Bonchev–Trinajstić information content (AvgIpc) is 3.34. The van der Waals surface area contributed by atoms with Crippen molar-refractivity contribution in [2.24, 2.45) is 5.92 Å². The zero-order valence-corrected chi connectivity index (χ0v) is 15.3. The summed E-state index contributed by atoms with van der Waals surface area (Å²) < 4.78 is 2.12. The minimum atomic E-state index is -0.117. The number of rotatable bonds is 2. The van der Waals surface area contributed by atoms with Crippen LogP contribution >= 0.6 is 0 Å². The van der Waals surface area contributed by atoms with Crippen molar-refractivity contribution < 1.29 is 9.59 Å². The van der Waals surface area contributed by atoms with Gasteiger partial charge < -0.3 is 15.2 Å². The van der Waals surface area contributed by atoms with Gasteiger partial charge in [-0.1, -0.05) is 19.3 Å². The molecule has 1 saturated heterocycles. The Morgan fingerprint density at radius 2 is 2.15 bits per heavy atom. The zero-order chi connectivity index (χ0) is 18.4. The highest BCUT2D eigenvalue weighted by molar-refractivity contribution is 5.99. The first-order valence-corrected chi connectivity index (χ1v) is 9.85. The largest absolute Gasteiger partial charge is 0.348 e. The van der Waals surface area contributed by atoms with E-state index in [1.807, 2.05) is 6.07 Å². The van der Waals surface area contributed by atoms with Crippen molar-refractivity contribution in [2.75, 3.05) is 25.0 Å². The third kappa shape index (κ3) is 2.70. The van der Waals surface area contributed by atoms with Gasteiger partial charge in [-0.3, -0.25) is 14.9 Å². The number of aromatic nitrogens is 3. The number of fused-ring (bicyclic) bond motifs is 4. The number of carbonyl (C=O) groups is 2. The molecule has 142 valence electrons. The van der Waals surface area contributed by atoms with Gasteiger partial charge in [-0.2, -0.15) is 4.98 Å². The van der Waals surface area contributed by atoms with Crippen LogP contribution in [0.4, 0.5) is 5.95 Å². The summed E-state index contributed by atoms with van der Waals surface area (Å²) in [6, 6.07) is 1.87. The Kier molecular flexibility index (Phi) is 3.89. The maximum Gasteiger partial charge on any atom is 0.268 e. The average molecular weight is 368 g/mol. The Hall–Kier alpha value is -2.48. The first-order chi connectivity index (χ1) is 13.2. The van der Waals surface area contributed by atoms with E-state index in [0.717, 1.165) is 49.7 Å². The molecule has 8 nitrogen and oxygen atoms in total. The maximum atomic E-state index is 12.5. The van der Waals surface area contributed by atoms with Gasteiger partial charge in [0.05, 0.1) is 11.5 Å². The molecule has 1 saturated carbocycles. The van der Waals surface area contributed by atoms with E-state index in [4.69, 9.17) is 0 Å². The van der Waals surface area contributed by atoms with Gasteiger partial charge in [0.2, 0.25) is 11.9 Å². The van der Waals surface area contributed by atoms with E-state index in [0.29, 0.717) is 24.7 Å². The van der Waals surface area contributed by atoms with Gasteiger partial charge in [0, 0.05) is 24.7 Å². The first kappa shape index (κ1) is 16.7. The van der Waals surface area contributed by atoms with Crippen molar-refractivity contribution in [2.45, 2.75) is 44.1 Å². The summed E-state index contributed by atoms with van der Waals surface area (Å²) in [5.74, 6) is 0.167. The number of amides is 2. The third-order valence-corrected chi connectivity index (χ3v) is 6.28. The van der Waals surface area contributed by atoms with E-state index in [-0.39, 0.29) is 23.3 Å². The molecule has 2 aliphatic heterocycles. The molecule has 5 rings (SSSR count). The molecule has 1 spiro atoms. The molecule has 3 aliphatic rings. The van der Waals surface area contributed by atoms with Gasteiger partial charge in [-0.05, 0) is 31.9 Å². The summed E-state index contributed by atoms with van der Waals surface area (Å²) in [6.45, 7) is 2.20. The van der Waals surface area contributed by atoms with Crippen LogP contribution in [0.5, 0.6) is 0 Å². The van der Waals surface area contributed by atoms with E-state index < -0.39 is 0 Å². The molecule has 2 aromatic rings. The van der Waals surface area contributed by atoms with Crippen LogP contribution in [-0.4, -0.2) is 46.0 Å². The minimum Gasteiger partial charge on any atom is -0.348 e. The van der Waals surface area contributed by atoms with Crippen LogP contribution < -0.4 is 16.0 Å². The van der Waals surface area contributed by atoms with Crippen LogP contribution in [0.15, 0.2) is 12.3 Å². The van der Waals surface area contributed by atoms with E-state index >= 15 is 0 Å². The fourth-order valence-electron chi connectivity index (χ4n) is 4.81. The Balaban J connectivity index is 1.55. The van der Waals surface area contributed by atoms with Crippen LogP contribution in [-0.2, 0) is 10.3 Å². The van der Waals surface area contributed by atoms with Crippen LogP contribution in [0.2, 0.25) is 0 Å². The number of hydrogen-bond acceptors (Lipinski definition) is 5. The van der Waals surface area contributed by atoms with Crippen molar-refractivity contribution >= 4 is 28.8 Å². The zero-order valence-electron chi connectivity index (χ0n) is 15.3. The number of nitrogens with zero attached hydrogens (tertiary/aromatic N) is 3. The summed E-state index contributed by atoms with van der Waals surface area (Å²) in [5, 5.41) is 9.96. The number of hydrogen-bond donors (Lipinski definition) is 3. The lowest BCUT2D eigenvalue weighted by molar-refractivity contribution is -0.119. The summed E-state index contributed by atoms with van der Waals surface area (Å²) in [7, 11) is 0. The van der Waals surface area contributed by atoms with Crippen molar-refractivity contribution in [1.29, 1.82) is 0 Å². The van der Waals surface area contributed by atoms with Crippen molar-refractivity contribution in [3.8, 4) is 0 Å². The van der Waals surface area contributed by atoms with Gasteiger partial charge in [0.1, 0.15) is 11.3 Å². The van der Waals surface area contributed by atoms with Gasteiger partial charge in [-0.15, -0.1) is 0 Å². The Morgan fingerprint density at radius 3 is 2.93 bits per heavy atom. The lowest BCUT2D eigenvalue weighted by Crippen LogP contribution is -2.52. The second-order valence-electron chi connectivity index (χ2n) is 7.98. The van der Waals surface area contributed by atoms with Crippen LogP contribution in [0, 0.1) is 5.92 Å². The number of nitrogens with one attached hydrogen (secondary N) is 3. The highest BCUT2D eigenvalue weighted by atomic mass is 16.2. The number of anilines is 1. The fraction of sp³-hybridized carbons (Fsp3) is 0.579. The quantitative estimate of drug-likeness (QED) is 0.743. The van der Waals surface area contributed by atoms with Gasteiger partial charge in [-0.25, -0.2) is 4.98 Å². The highest BCUT2D eigenvalue weighted by Gasteiger charge is 2.41. The van der Waals surface area contributed by atoms with Crippen molar-refractivity contribution in [3.63, 3.8) is 0 Å². The second kappa shape index (κ2) is 6.30. The molecule has 4 heterocycles. The standard InChI is InChI=1S/C19H24N6O2/c26-16(12-4-7-20-9-12)24-18-21-10-13-8-14-17(27)22-11-19(5-2-1-3-6-19)25(14)15(13)23-18/h8,10,12,20H,1-7,9,11H2,(H,22,27)(H,21,23,24,26)/t12-/m1/s1. The third-order valence-electron chi connectivity index (χ3n) is 6.28. The minimum absolute atomic E-state index is 0.0407. The molecule has 8 heteroatoms. The van der Waals surface area contributed by atoms with Gasteiger partial charge >= 0.3 is 0 Å². The van der Waals surface area contributed by atoms with E-state index in [9.17, 15) is 9.59 Å². The highest BCUT2D eigenvalue weighted by Crippen LogP contribution is 2.40. The number of carbonyl (C=O) groups excluding carboxylic acids is 2. The van der Waals surface area contributed by atoms with Crippen LogP contribution in [0.1, 0.15) is 49.0 Å². The lowest BCUT2D eigenvalue weighted by Gasteiger charge is -2.42. The SMILES string of the molecule is O=C1NCC2(CCCCC2)n2c1cc1cnc(NC(=O)[C@@H]3CCNC3)nc12. The van der Waals surface area contributed by atoms with E-state index in [1.165, 1.54) is 6.42 Å². The van der Waals surface area contributed by atoms with Crippen LogP contribution in [0.3, 0.4) is 0 Å². The molecule has 0 aromatic carbocycles. The Morgan fingerprint density at radius 1 is 1.30 bits per heavy atom. The monoisotopic (exact) mass is 368 g/mol. The van der Waals surface area contributed by atoms with E-state index in [1.54, 1.807) is 6.20 Å². The molecule has 27 heavy (non-hydrogen) atoms. The predicted octanol–water partition coefficient (Wildman–Crippen LogP) is 1.38. The predicted molar refractivity (Wildman–Crippen MR) is 101 cm³/mol. The van der Waals surface area contributed by atoms with E-state index in [2.05, 4.69) is 30.5 Å². The summed E-state index contributed by atoms with van der Waals surface area (Å²) in [6.07, 6.45) is 8.14. The molecule has 0 bridgehead atoms. The molecule has 2 fully saturated rings. The molecule has 0 radical (unpaired) electrons. The van der Waals surface area contributed by atoms with Crippen molar-refractivity contribution in [3.05, 3.63) is 18.0 Å². The van der Waals surface area contributed by atoms with Gasteiger partial charge in [0.15, 0.2) is 0 Å². The van der Waals surface area contributed by atoms with Crippen LogP contribution in [0.25, 0.3) is 11.0 Å². The Bertz CT molecular complexity index is 908. The lowest BCUT2D eigenvalue weighted by atomic mass is 9.80. The summed E-state index contributed by atoms with van der Waals surface area (Å²) in [4.78, 5) is 33.9. The molecule has 2 amide bonds. The summed E-state index contributed by atoms with van der Waals surface area (Å²) >= 11 is 0. The molecule has 1 atom stereocenters. The normalized spacial score (nSPS) is 24.0.